The molecule has 1 nitrogen and oxygen atoms in total. The molecule has 4 aliphatic carbocycles. The van der Waals surface area contributed by atoms with Gasteiger partial charge in [0.05, 0.1) is 0 Å². The summed E-state index contributed by atoms with van der Waals surface area (Å²) >= 11 is 17.0. The maximum atomic E-state index is 12.7. The van der Waals surface area contributed by atoms with Crippen molar-refractivity contribution in [2.45, 2.75) is 131 Å². The van der Waals surface area contributed by atoms with Gasteiger partial charge in [-0.3, -0.25) is 4.79 Å². The number of Topliss-reactive ketones (excluding diaryl/α,β-unsaturated/α-hetero) is 1. The van der Waals surface area contributed by atoms with Gasteiger partial charge in [-0.15, -0.1) is 0 Å². The molecule has 0 spiro atoms. The van der Waals surface area contributed by atoms with Gasteiger partial charge in [-0.25, -0.2) is 0 Å². The van der Waals surface area contributed by atoms with Gasteiger partial charge in [-0.1, -0.05) is 119 Å². The zero-order chi connectivity index (χ0) is 27.5. The second kappa shape index (κ2) is 11.7. The molecule has 214 valence electrons. The van der Waals surface area contributed by atoms with Crippen molar-refractivity contribution in [2.75, 3.05) is 0 Å². The molecule has 0 amide bonds. The Hall–Kier alpha value is 1.59. The highest BCUT2D eigenvalue weighted by atomic mass is 79.9. The van der Waals surface area contributed by atoms with Gasteiger partial charge in [0, 0.05) is 31.1 Å². The molecule has 4 fully saturated rings. The average Bonchev–Trinajstić information content (AvgIpc) is 3.21. The molecule has 4 rings (SSSR count). The fourth-order valence-corrected chi connectivity index (χ4v) is 14.9. The van der Waals surface area contributed by atoms with E-state index in [0.717, 1.165) is 36.5 Å². The lowest BCUT2D eigenvalue weighted by Crippen LogP contribution is -2.64. The molecule has 13 atom stereocenters. The predicted octanol–water partition coefficient (Wildman–Crippen LogP) is 11.0. The van der Waals surface area contributed by atoms with E-state index in [2.05, 4.69) is 105 Å². The van der Waals surface area contributed by atoms with Crippen LogP contribution in [0.4, 0.5) is 0 Å². The van der Waals surface area contributed by atoms with Crippen LogP contribution in [0.2, 0.25) is 0 Å². The van der Waals surface area contributed by atoms with Gasteiger partial charge in [-0.2, -0.15) is 0 Å². The topological polar surface area (TPSA) is 17.1 Å². The third-order valence-electron chi connectivity index (χ3n) is 12.8. The Balaban J connectivity index is 1.55. The molecule has 0 N–H and O–H groups in total. The summed E-state index contributed by atoms with van der Waals surface area (Å²) in [5, 5.41) is 0. The van der Waals surface area contributed by atoms with Crippen LogP contribution in [0.5, 0.6) is 0 Å². The molecule has 0 bridgehead atoms. The predicted molar refractivity (Wildman–Crippen MR) is 173 cm³/mol. The molecule has 0 aliphatic heterocycles. The number of halogens is 4. The molecule has 0 aromatic rings. The summed E-state index contributed by atoms with van der Waals surface area (Å²) in [6.45, 7) is 17.0. The highest BCUT2D eigenvalue weighted by molar-refractivity contribution is 9.12. The van der Waals surface area contributed by atoms with Gasteiger partial charge in [0.1, 0.15) is 5.78 Å². The van der Waals surface area contributed by atoms with E-state index in [1.165, 1.54) is 44.9 Å². The van der Waals surface area contributed by atoms with Crippen LogP contribution in [-0.2, 0) is 4.79 Å². The fourth-order valence-electron chi connectivity index (χ4n) is 10.5. The Morgan fingerprint density at radius 2 is 1.62 bits per heavy atom. The van der Waals surface area contributed by atoms with E-state index in [0.29, 0.717) is 49.9 Å². The molecular formula is C32H52Br4O. The minimum absolute atomic E-state index is 0.0457. The van der Waals surface area contributed by atoms with Crippen LogP contribution < -0.4 is 0 Å². The first kappa shape index (κ1) is 31.5. The summed E-state index contributed by atoms with van der Waals surface area (Å²) in [6, 6.07) is 0. The minimum atomic E-state index is 0.0457. The lowest BCUT2D eigenvalue weighted by atomic mass is 9.43. The number of carbonyl (C=O) groups is 1. The molecule has 0 aromatic carbocycles. The maximum absolute atomic E-state index is 12.7. The number of ketones is 1. The van der Waals surface area contributed by atoms with Crippen molar-refractivity contribution in [3.8, 4) is 0 Å². The highest BCUT2D eigenvalue weighted by Crippen LogP contribution is 2.72. The van der Waals surface area contributed by atoms with Crippen LogP contribution in [-0.4, -0.2) is 24.6 Å². The van der Waals surface area contributed by atoms with E-state index in [1.54, 1.807) is 0 Å². The third-order valence-corrected chi connectivity index (χ3v) is 19.7. The summed E-state index contributed by atoms with van der Waals surface area (Å²) in [5.41, 5.74) is 0.716. The maximum Gasteiger partial charge on any atom is 0.135 e. The normalized spacial score (nSPS) is 46.9. The smallest absolute Gasteiger partial charge is 0.135 e. The zero-order valence-corrected chi connectivity index (χ0v) is 30.7. The van der Waals surface area contributed by atoms with Gasteiger partial charge in [0.15, 0.2) is 0 Å². The molecule has 37 heavy (non-hydrogen) atoms. The summed E-state index contributed by atoms with van der Waals surface area (Å²) in [4.78, 5) is 14.2. The van der Waals surface area contributed by atoms with E-state index in [-0.39, 0.29) is 15.7 Å². The number of carbonyl (C=O) groups excluding carboxylic acids is 1. The van der Waals surface area contributed by atoms with Crippen LogP contribution in [0.1, 0.15) is 113 Å². The molecule has 5 unspecified atom stereocenters. The Morgan fingerprint density at radius 1 is 0.946 bits per heavy atom. The first-order valence-electron chi connectivity index (χ1n) is 15.4. The quantitative estimate of drug-likeness (QED) is 0.225. The summed E-state index contributed by atoms with van der Waals surface area (Å²) in [7, 11) is 0. The number of rotatable bonds is 8. The van der Waals surface area contributed by atoms with E-state index in [9.17, 15) is 4.79 Å². The number of hydrogen-bond acceptors (Lipinski definition) is 1. The Morgan fingerprint density at radius 3 is 2.22 bits per heavy atom. The third kappa shape index (κ3) is 5.10. The van der Waals surface area contributed by atoms with Gasteiger partial charge >= 0.3 is 0 Å². The van der Waals surface area contributed by atoms with Crippen LogP contribution in [0, 0.1) is 58.2 Å². The van der Waals surface area contributed by atoms with Crippen LogP contribution in [0.3, 0.4) is 0 Å². The van der Waals surface area contributed by atoms with Gasteiger partial charge < -0.3 is 0 Å². The lowest BCUT2D eigenvalue weighted by molar-refractivity contribution is -0.130. The van der Waals surface area contributed by atoms with Crippen molar-refractivity contribution in [1.82, 2.24) is 0 Å². The Kier molecular flexibility index (Phi) is 9.97. The summed E-state index contributed by atoms with van der Waals surface area (Å²) in [5.74, 6) is 6.02. The van der Waals surface area contributed by atoms with E-state index in [4.69, 9.17) is 0 Å². The SMILES string of the molecule is CCC(=O)C1CC[C@]2(C)[C@H]3CC[C@]4(C)[C@@H]([C@H](C)C(Br)C(Br)[C@@H](CC)C(C)C)CC[C@H]4[C@@H]3CC(Br)C2(Br)C1. The number of alkyl halides is 4. The van der Waals surface area contributed by atoms with E-state index in [1.807, 2.05) is 6.92 Å². The Bertz CT molecular complexity index is 832. The first-order chi connectivity index (χ1) is 17.3. The largest absolute Gasteiger partial charge is 0.299 e. The second-order valence-electron chi connectivity index (χ2n) is 14.4. The minimum Gasteiger partial charge on any atom is -0.299 e. The molecule has 4 aliphatic rings. The van der Waals surface area contributed by atoms with Crippen molar-refractivity contribution in [3.63, 3.8) is 0 Å². The monoisotopic (exact) mass is 768 g/mol. The summed E-state index contributed by atoms with van der Waals surface area (Å²) < 4.78 is 0.0457. The van der Waals surface area contributed by atoms with Crippen molar-refractivity contribution < 1.29 is 4.79 Å². The van der Waals surface area contributed by atoms with Crippen molar-refractivity contribution in [1.29, 1.82) is 0 Å². The zero-order valence-electron chi connectivity index (χ0n) is 24.3. The second-order valence-corrected chi connectivity index (χ2v) is 19.0. The van der Waals surface area contributed by atoms with Crippen molar-refractivity contribution in [3.05, 3.63) is 0 Å². The molecular weight excluding hydrogens is 720 g/mol. The van der Waals surface area contributed by atoms with E-state index >= 15 is 0 Å². The van der Waals surface area contributed by atoms with Gasteiger partial charge in [-0.05, 0) is 104 Å². The van der Waals surface area contributed by atoms with Crippen molar-refractivity contribution >= 4 is 69.5 Å². The van der Waals surface area contributed by atoms with Gasteiger partial charge in [0.25, 0.3) is 0 Å². The van der Waals surface area contributed by atoms with Crippen LogP contribution >= 0.6 is 63.7 Å². The average molecular weight is 772 g/mol. The Labute approximate surface area is 262 Å². The summed E-state index contributed by atoms with van der Waals surface area (Å²) in [6.07, 6.45) is 12.0. The molecule has 0 radical (unpaired) electrons. The molecule has 0 heterocycles. The lowest BCUT2D eigenvalue weighted by Gasteiger charge is -2.66. The fraction of sp³-hybridized carbons (Fsp3) is 0.969. The van der Waals surface area contributed by atoms with Crippen LogP contribution in [0.25, 0.3) is 0 Å². The highest BCUT2D eigenvalue weighted by Gasteiger charge is 2.67. The molecule has 5 heteroatoms. The van der Waals surface area contributed by atoms with Gasteiger partial charge in [0.2, 0.25) is 0 Å². The van der Waals surface area contributed by atoms with E-state index < -0.39 is 0 Å². The molecule has 0 saturated heterocycles. The van der Waals surface area contributed by atoms with Crippen molar-refractivity contribution in [2.24, 2.45) is 58.2 Å². The standard InChI is InChI=1S/C32H52Br4O/c1-8-21(18(3)4)29(35)28(34)19(5)23-10-11-24-22-16-27(33)32(36)17-20(26(37)9-2)12-15-31(32,7)25(22)13-14-30(23,24)6/h18-25,27-29H,8-17H2,1-7H3/t19-,20?,21-,22-,23+,24-,25-,27?,28?,29?,30+,31+,32?/m0/s1. The molecule has 0 aromatic heterocycles. The molecule has 4 saturated carbocycles. The van der Waals surface area contributed by atoms with Crippen LogP contribution in [0.15, 0.2) is 0 Å². The number of hydrogen-bond donors (Lipinski definition) is 0. The first-order valence-corrected chi connectivity index (χ1v) is 18.9. The number of fused-ring (bicyclic) bond motifs is 5.